The maximum atomic E-state index is 11.2. The zero-order valence-electron chi connectivity index (χ0n) is 11.2. The third-order valence-corrected chi connectivity index (χ3v) is 2.82. The fraction of sp³-hybridized carbons (Fsp3) is 0.385. The Morgan fingerprint density at radius 3 is 2.35 bits per heavy atom. The van der Waals surface area contributed by atoms with Crippen LogP contribution in [0.4, 0.5) is 0 Å². The van der Waals surface area contributed by atoms with Gasteiger partial charge >= 0.3 is 0 Å². The van der Waals surface area contributed by atoms with E-state index in [-0.39, 0.29) is 18.9 Å². The van der Waals surface area contributed by atoms with Gasteiger partial charge in [0.15, 0.2) is 0 Å². The quantitative estimate of drug-likeness (QED) is 0.265. The molecule has 2 unspecified atom stereocenters. The lowest BCUT2D eigenvalue weighted by molar-refractivity contribution is -0.119. The summed E-state index contributed by atoms with van der Waals surface area (Å²) in [5.41, 5.74) is 2.84. The Labute approximate surface area is 116 Å². The number of rotatable bonds is 6. The highest BCUT2D eigenvalue weighted by Crippen LogP contribution is 2.19. The lowest BCUT2D eigenvalue weighted by Crippen LogP contribution is -2.30. The van der Waals surface area contributed by atoms with Crippen molar-refractivity contribution in [3.8, 4) is 0 Å². The van der Waals surface area contributed by atoms with Crippen LogP contribution in [0.1, 0.15) is 35.4 Å². The van der Waals surface area contributed by atoms with Gasteiger partial charge in [-0.2, -0.15) is 0 Å². The highest BCUT2D eigenvalue weighted by atomic mass is 16.3. The summed E-state index contributed by atoms with van der Waals surface area (Å²) < 4.78 is 0. The second-order valence-corrected chi connectivity index (χ2v) is 4.38. The number of amides is 2. The minimum Gasteiger partial charge on any atom is -0.390 e. The molecule has 0 heterocycles. The molecule has 1 rings (SSSR count). The van der Waals surface area contributed by atoms with Crippen LogP contribution in [0.25, 0.3) is 0 Å². The van der Waals surface area contributed by atoms with Gasteiger partial charge < -0.3 is 15.5 Å². The summed E-state index contributed by atoms with van der Waals surface area (Å²) in [6.07, 6.45) is -1.86. The molecule has 0 radical (unpaired) electrons. The summed E-state index contributed by atoms with van der Waals surface area (Å²) in [4.78, 5) is 21.9. The standard InChI is InChI=1S/C13H19N3O4/c1-8(17)15-7-6-11(18)12(19)9-2-4-10(5-3-9)13(20)16-14/h2-5,11-12,18-19H,6-7,14H2,1H3,(H,15,17)(H,16,20). The van der Waals surface area contributed by atoms with Crippen LogP contribution in [0.3, 0.4) is 0 Å². The van der Waals surface area contributed by atoms with E-state index in [9.17, 15) is 19.8 Å². The van der Waals surface area contributed by atoms with Crippen LogP contribution < -0.4 is 16.6 Å². The molecule has 2 atom stereocenters. The van der Waals surface area contributed by atoms with Gasteiger partial charge in [-0.25, -0.2) is 5.84 Å². The number of hydrazine groups is 1. The Morgan fingerprint density at radius 1 is 1.25 bits per heavy atom. The normalized spacial score (nSPS) is 13.4. The van der Waals surface area contributed by atoms with Gasteiger partial charge in [-0.05, 0) is 24.1 Å². The molecule has 0 aromatic heterocycles. The molecule has 0 aliphatic rings. The molecule has 0 saturated carbocycles. The number of hydrogen-bond donors (Lipinski definition) is 5. The van der Waals surface area contributed by atoms with Crippen LogP contribution in [0.2, 0.25) is 0 Å². The van der Waals surface area contributed by atoms with Crippen molar-refractivity contribution in [1.29, 1.82) is 0 Å². The zero-order chi connectivity index (χ0) is 15.1. The summed E-state index contributed by atoms with van der Waals surface area (Å²) in [5, 5.41) is 22.3. The molecular weight excluding hydrogens is 262 g/mol. The fourth-order valence-electron chi connectivity index (χ4n) is 1.69. The Balaban J connectivity index is 2.60. The minimum absolute atomic E-state index is 0.191. The van der Waals surface area contributed by atoms with E-state index in [0.29, 0.717) is 11.1 Å². The van der Waals surface area contributed by atoms with Gasteiger partial charge in [-0.3, -0.25) is 15.0 Å². The van der Waals surface area contributed by atoms with Crippen molar-refractivity contribution in [2.45, 2.75) is 25.6 Å². The molecule has 0 fully saturated rings. The van der Waals surface area contributed by atoms with Crippen molar-refractivity contribution in [1.82, 2.24) is 10.7 Å². The van der Waals surface area contributed by atoms with Crippen molar-refractivity contribution in [2.24, 2.45) is 5.84 Å². The van der Waals surface area contributed by atoms with Gasteiger partial charge in [0.05, 0.1) is 6.10 Å². The molecular formula is C13H19N3O4. The van der Waals surface area contributed by atoms with Crippen LogP contribution in [0.15, 0.2) is 24.3 Å². The van der Waals surface area contributed by atoms with Crippen molar-refractivity contribution >= 4 is 11.8 Å². The van der Waals surface area contributed by atoms with E-state index in [1.165, 1.54) is 31.2 Å². The van der Waals surface area contributed by atoms with Crippen LogP contribution >= 0.6 is 0 Å². The summed E-state index contributed by atoms with van der Waals surface area (Å²) in [6, 6.07) is 6.08. The molecule has 7 nitrogen and oxygen atoms in total. The summed E-state index contributed by atoms with van der Waals surface area (Å²) >= 11 is 0. The highest BCUT2D eigenvalue weighted by molar-refractivity contribution is 5.93. The number of aliphatic hydroxyl groups excluding tert-OH is 2. The van der Waals surface area contributed by atoms with Crippen LogP contribution in [-0.4, -0.2) is 34.7 Å². The SMILES string of the molecule is CC(=O)NCCC(O)C(O)c1ccc(C(=O)NN)cc1. The zero-order valence-corrected chi connectivity index (χ0v) is 11.2. The molecule has 7 heteroatoms. The van der Waals surface area contributed by atoms with Crippen LogP contribution in [0, 0.1) is 0 Å². The Bertz CT molecular complexity index is 461. The number of carbonyl (C=O) groups is 2. The first-order valence-corrected chi connectivity index (χ1v) is 6.17. The van der Waals surface area contributed by atoms with Gasteiger partial charge in [0.2, 0.25) is 5.91 Å². The smallest absolute Gasteiger partial charge is 0.265 e. The van der Waals surface area contributed by atoms with Gasteiger partial charge in [-0.1, -0.05) is 12.1 Å². The summed E-state index contributed by atoms with van der Waals surface area (Å²) in [5.74, 6) is 4.38. The van der Waals surface area contributed by atoms with Crippen LogP contribution in [-0.2, 0) is 4.79 Å². The Morgan fingerprint density at radius 2 is 1.85 bits per heavy atom. The topological polar surface area (TPSA) is 125 Å². The predicted molar refractivity (Wildman–Crippen MR) is 72.4 cm³/mol. The van der Waals surface area contributed by atoms with E-state index in [2.05, 4.69) is 5.32 Å². The van der Waals surface area contributed by atoms with E-state index in [4.69, 9.17) is 5.84 Å². The molecule has 0 aliphatic carbocycles. The lowest BCUT2D eigenvalue weighted by atomic mass is 10.0. The largest absolute Gasteiger partial charge is 0.390 e. The maximum Gasteiger partial charge on any atom is 0.265 e. The molecule has 0 spiro atoms. The second-order valence-electron chi connectivity index (χ2n) is 4.38. The third-order valence-electron chi connectivity index (χ3n) is 2.82. The highest BCUT2D eigenvalue weighted by Gasteiger charge is 2.18. The average molecular weight is 281 g/mol. The molecule has 0 aliphatic heterocycles. The molecule has 1 aromatic rings. The van der Waals surface area contributed by atoms with Gasteiger partial charge in [0.25, 0.3) is 5.91 Å². The van der Waals surface area contributed by atoms with E-state index < -0.39 is 18.1 Å². The van der Waals surface area contributed by atoms with Crippen molar-refractivity contribution in [3.05, 3.63) is 35.4 Å². The number of benzene rings is 1. The number of nitrogens with one attached hydrogen (secondary N) is 2. The molecule has 0 bridgehead atoms. The van der Waals surface area contributed by atoms with E-state index in [0.717, 1.165) is 0 Å². The van der Waals surface area contributed by atoms with Crippen molar-refractivity contribution in [3.63, 3.8) is 0 Å². The minimum atomic E-state index is -1.08. The lowest BCUT2D eigenvalue weighted by Gasteiger charge is -2.18. The molecule has 20 heavy (non-hydrogen) atoms. The summed E-state index contributed by atoms with van der Waals surface area (Å²) in [6.45, 7) is 1.66. The van der Waals surface area contributed by atoms with E-state index >= 15 is 0 Å². The Kier molecular flexibility index (Phi) is 6.10. The number of nitrogens with two attached hydrogens (primary N) is 1. The van der Waals surface area contributed by atoms with Crippen molar-refractivity contribution in [2.75, 3.05) is 6.54 Å². The van der Waals surface area contributed by atoms with E-state index in [1.807, 2.05) is 5.43 Å². The molecule has 2 amide bonds. The van der Waals surface area contributed by atoms with Gasteiger partial charge in [0.1, 0.15) is 6.10 Å². The summed E-state index contributed by atoms with van der Waals surface area (Å²) in [7, 11) is 0. The number of aliphatic hydroxyl groups is 2. The third kappa shape index (κ3) is 4.61. The van der Waals surface area contributed by atoms with Crippen LogP contribution in [0.5, 0.6) is 0 Å². The molecule has 1 aromatic carbocycles. The van der Waals surface area contributed by atoms with Gasteiger partial charge in [-0.15, -0.1) is 0 Å². The first kappa shape index (κ1) is 16.1. The first-order valence-electron chi connectivity index (χ1n) is 6.17. The molecule has 6 N–H and O–H groups in total. The van der Waals surface area contributed by atoms with Gasteiger partial charge in [0, 0.05) is 19.0 Å². The predicted octanol–water partition coefficient (Wildman–Crippen LogP) is -0.789. The van der Waals surface area contributed by atoms with E-state index in [1.54, 1.807) is 0 Å². The average Bonchev–Trinajstić information content (AvgIpc) is 2.45. The monoisotopic (exact) mass is 281 g/mol. The maximum absolute atomic E-state index is 11.2. The first-order chi connectivity index (χ1) is 9.45. The fourth-order valence-corrected chi connectivity index (χ4v) is 1.69. The number of hydrogen-bond acceptors (Lipinski definition) is 5. The Hall–Kier alpha value is -1.96. The van der Waals surface area contributed by atoms with Crippen molar-refractivity contribution < 1.29 is 19.8 Å². The second kappa shape index (κ2) is 7.59. The molecule has 110 valence electrons. The number of nitrogen functional groups attached to an aromatic ring is 1. The molecule has 0 saturated heterocycles. The number of carbonyl (C=O) groups excluding carboxylic acids is 2.